The van der Waals surface area contributed by atoms with Crippen molar-refractivity contribution in [1.29, 1.82) is 0 Å². The van der Waals surface area contributed by atoms with Crippen LogP contribution in [0.2, 0.25) is 0 Å². The van der Waals surface area contributed by atoms with Gasteiger partial charge in [-0.15, -0.1) is 0 Å². The third-order valence-corrected chi connectivity index (χ3v) is 3.89. The molecule has 16 heavy (non-hydrogen) atoms. The largest absolute Gasteiger partial charge is 0.305 e. The van der Waals surface area contributed by atoms with Crippen LogP contribution in [0.1, 0.15) is 5.56 Å². The average molecular weight is 216 g/mol. The minimum absolute atomic E-state index is 0.686. The number of hydrogen-bond acceptors (Lipinski definition) is 2. The molecule has 2 heteroatoms. The Morgan fingerprint density at radius 3 is 2.38 bits per heavy atom. The van der Waals surface area contributed by atoms with Gasteiger partial charge in [0.1, 0.15) is 0 Å². The summed E-state index contributed by atoms with van der Waals surface area (Å²) < 4.78 is 0. The van der Waals surface area contributed by atoms with E-state index in [-0.39, 0.29) is 0 Å². The number of rotatable bonds is 3. The van der Waals surface area contributed by atoms with E-state index in [0.717, 1.165) is 0 Å². The normalized spacial score (nSPS) is 24.1. The lowest BCUT2D eigenvalue weighted by molar-refractivity contribution is -0.103. The van der Waals surface area contributed by atoms with Crippen LogP contribution in [0.15, 0.2) is 30.3 Å². The molecule has 1 aromatic rings. The van der Waals surface area contributed by atoms with Gasteiger partial charge in [0.25, 0.3) is 0 Å². The molecule has 1 aromatic carbocycles. The van der Waals surface area contributed by atoms with E-state index < -0.39 is 0 Å². The van der Waals surface area contributed by atoms with Gasteiger partial charge in [-0.2, -0.15) is 0 Å². The zero-order valence-corrected chi connectivity index (χ0v) is 10.0. The van der Waals surface area contributed by atoms with E-state index in [2.05, 4.69) is 47.2 Å². The Hall–Kier alpha value is -0.860. The SMILES string of the molecule is CN1CC2(C1)CN(CCc1ccccc1)C2. The smallest absolute Gasteiger partial charge is 0.0212 e. The minimum atomic E-state index is 0.686. The molecule has 86 valence electrons. The van der Waals surface area contributed by atoms with Gasteiger partial charge in [-0.25, -0.2) is 0 Å². The van der Waals surface area contributed by atoms with Crippen molar-refractivity contribution < 1.29 is 0 Å². The molecule has 2 nitrogen and oxygen atoms in total. The Bertz CT molecular complexity index is 346. The molecule has 3 rings (SSSR count). The van der Waals surface area contributed by atoms with Gasteiger partial charge in [0.15, 0.2) is 0 Å². The van der Waals surface area contributed by atoms with Crippen molar-refractivity contribution >= 4 is 0 Å². The molecule has 2 saturated heterocycles. The maximum absolute atomic E-state index is 2.60. The summed E-state index contributed by atoms with van der Waals surface area (Å²) in [6, 6.07) is 10.8. The molecule has 0 saturated carbocycles. The highest BCUT2D eigenvalue weighted by molar-refractivity contribution is 5.15. The van der Waals surface area contributed by atoms with Crippen molar-refractivity contribution in [2.45, 2.75) is 6.42 Å². The number of benzene rings is 1. The maximum Gasteiger partial charge on any atom is 0.0212 e. The fourth-order valence-electron chi connectivity index (χ4n) is 3.29. The second-order valence-electron chi connectivity index (χ2n) is 5.62. The van der Waals surface area contributed by atoms with Gasteiger partial charge in [-0.3, -0.25) is 0 Å². The van der Waals surface area contributed by atoms with Gasteiger partial charge in [0, 0.05) is 38.1 Å². The van der Waals surface area contributed by atoms with E-state index in [1.54, 1.807) is 0 Å². The highest BCUT2D eigenvalue weighted by Gasteiger charge is 2.49. The summed E-state index contributed by atoms with van der Waals surface area (Å²) in [6.45, 7) is 6.51. The number of likely N-dealkylation sites (tertiary alicyclic amines) is 2. The molecule has 0 radical (unpaired) electrons. The van der Waals surface area contributed by atoms with E-state index >= 15 is 0 Å². The van der Waals surface area contributed by atoms with Gasteiger partial charge >= 0.3 is 0 Å². The van der Waals surface area contributed by atoms with Crippen LogP contribution in [-0.2, 0) is 6.42 Å². The van der Waals surface area contributed by atoms with Crippen LogP contribution in [0.25, 0.3) is 0 Å². The van der Waals surface area contributed by atoms with Crippen LogP contribution in [0.3, 0.4) is 0 Å². The molecule has 2 aliphatic rings. The highest BCUT2D eigenvalue weighted by Crippen LogP contribution is 2.38. The fourth-order valence-corrected chi connectivity index (χ4v) is 3.29. The zero-order chi connectivity index (χ0) is 11.0. The molecule has 2 heterocycles. The van der Waals surface area contributed by atoms with Crippen LogP contribution < -0.4 is 0 Å². The molecule has 0 N–H and O–H groups in total. The Morgan fingerprint density at radius 2 is 1.75 bits per heavy atom. The van der Waals surface area contributed by atoms with Gasteiger partial charge in [0.2, 0.25) is 0 Å². The van der Waals surface area contributed by atoms with Gasteiger partial charge in [-0.1, -0.05) is 30.3 Å². The third kappa shape index (κ3) is 1.87. The third-order valence-electron chi connectivity index (χ3n) is 3.89. The lowest BCUT2D eigenvalue weighted by atomic mass is 9.73. The summed E-state index contributed by atoms with van der Waals surface area (Å²) in [5.74, 6) is 0. The summed E-state index contributed by atoms with van der Waals surface area (Å²) in [4.78, 5) is 5.02. The van der Waals surface area contributed by atoms with Crippen LogP contribution >= 0.6 is 0 Å². The van der Waals surface area contributed by atoms with Crippen molar-refractivity contribution in [3.8, 4) is 0 Å². The second-order valence-corrected chi connectivity index (χ2v) is 5.62. The Labute approximate surface area is 97.9 Å². The average Bonchev–Trinajstić information content (AvgIpc) is 2.21. The number of hydrogen-bond donors (Lipinski definition) is 0. The fraction of sp³-hybridized carbons (Fsp3) is 0.571. The molecule has 0 amide bonds. The monoisotopic (exact) mass is 216 g/mol. The Balaban J connectivity index is 1.42. The Morgan fingerprint density at radius 1 is 1.06 bits per heavy atom. The second kappa shape index (κ2) is 3.86. The first-order valence-corrected chi connectivity index (χ1v) is 6.21. The molecule has 0 aromatic heterocycles. The van der Waals surface area contributed by atoms with Crippen LogP contribution in [0.5, 0.6) is 0 Å². The van der Waals surface area contributed by atoms with E-state index in [0.29, 0.717) is 5.41 Å². The van der Waals surface area contributed by atoms with Crippen molar-refractivity contribution in [2.75, 3.05) is 39.8 Å². The lowest BCUT2D eigenvalue weighted by Gasteiger charge is -2.59. The molecule has 1 spiro atoms. The first-order valence-electron chi connectivity index (χ1n) is 6.21. The van der Waals surface area contributed by atoms with Crippen LogP contribution in [-0.4, -0.2) is 49.6 Å². The highest BCUT2D eigenvalue weighted by atomic mass is 15.3. The van der Waals surface area contributed by atoms with Crippen molar-refractivity contribution in [1.82, 2.24) is 9.80 Å². The van der Waals surface area contributed by atoms with E-state index in [1.807, 2.05) is 0 Å². The molecule has 0 bridgehead atoms. The molecule has 0 unspecified atom stereocenters. The summed E-state index contributed by atoms with van der Waals surface area (Å²) in [5, 5.41) is 0. The van der Waals surface area contributed by atoms with Gasteiger partial charge < -0.3 is 9.80 Å². The van der Waals surface area contributed by atoms with E-state index in [1.165, 1.54) is 44.7 Å². The lowest BCUT2D eigenvalue weighted by Crippen LogP contribution is -2.71. The van der Waals surface area contributed by atoms with Gasteiger partial charge in [-0.05, 0) is 19.0 Å². The Kier molecular flexibility index (Phi) is 2.49. The molecular weight excluding hydrogens is 196 g/mol. The molecule has 0 aliphatic carbocycles. The van der Waals surface area contributed by atoms with Crippen molar-refractivity contribution in [3.63, 3.8) is 0 Å². The summed E-state index contributed by atoms with van der Waals surface area (Å²) in [7, 11) is 2.22. The molecule has 0 atom stereocenters. The summed E-state index contributed by atoms with van der Waals surface area (Å²) in [5.41, 5.74) is 2.15. The summed E-state index contributed by atoms with van der Waals surface area (Å²) in [6.07, 6.45) is 1.20. The minimum Gasteiger partial charge on any atom is -0.305 e. The molecule has 2 fully saturated rings. The number of nitrogens with zero attached hydrogens (tertiary/aromatic N) is 2. The van der Waals surface area contributed by atoms with Crippen LogP contribution in [0.4, 0.5) is 0 Å². The van der Waals surface area contributed by atoms with E-state index in [9.17, 15) is 0 Å². The first-order chi connectivity index (χ1) is 7.76. The van der Waals surface area contributed by atoms with Crippen molar-refractivity contribution in [3.05, 3.63) is 35.9 Å². The quantitative estimate of drug-likeness (QED) is 0.755. The summed E-state index contributed by atoms with van der Waals surface area (Å²) >= 11 is 0. The predicted molar refractivity (Wildman–Crippen MR) is 66.5 cm³/mol. The molecular formula is C14H20N2. The van der Waals surface area contributed by atoms with Crippen LogP contribution in [0, 0.1) is 5.41 Å². The van der Waals surface area contributed by atoms with E-state index in [4.69, 9.17) is 0 Å². The first kappa shape index (κ1) is 10.3. The standard InChI is InChI=1S/C14H20N2/c1-15-9-14(10-15)11-16(12-14)8-7-13-5-3-2-4-6-13/h2-6H,7-12H2,1H3. The maximum atomic E-state index is 2.60. The van der Waals surface area contributed by atoms with Crippen molar-refractivity contribution in [2.24, 2.45) is 5.41 Å². The van der Waals surface area contributed by atoms with Gasteiger partial charge in [0.05, 0.1) is 0 Å². The molecule has 2 aliphatic heterocycles. The topological polar surface area (TPSA) is 6.48 Å². The zero-order valence-electron chi connectivity index (χ0n) is 10.0. The predicted octanol–water partition coefficient (Wildman–Crippen LogP) is 1.48.